The Labute approximate surface area is 137 Å². The van der Waals surface area contributed by atoms with E-state index in [0.29, 0.717) is 0 Å². The van der Waals surface area contributed by atoms with Crippen molar-refractivity contribution in [1.29, 1.82) is 0 Å². The summed E-state index contributed by atoms with van der Waals surface area (Å²) in [6.45, 7) is 7.99. The van der Waals surface area contributed by atoms with Gasteiger partial charge in [0.2, 0.25) is 0 Å². The summed E-state index contributed by atoms with van der Waals surface area (Å²) in [6.07, 6.45) is 0.941. The molecule has 2 aromatic rings. The van der Waals surface area contributed by atoms with E-state index in [9.17, 15) is 4.55 Å². The van der Waals surface area contributed by atoms with Gasteiger partial charge in [0.1, 0.15) is 4.75 Å². The van der Waals surface area contributed by atoms with Crippen LogP contribution in [0, 0.1) is 0 Å². The summed E-state index contributed by atoms with van der Waals surface area (Å²) < 4.78 is 15.1. The van der Waals surface area contributed by atoms with Gasteiger partial charge in [0.25, 0.3) is 0 Å². The molecule has 0 radical (unpaired) electrons. The van der Waals surface area contributed by atoms with E-state index in [1.54, 1.807) is 0 Å². The third-order valence-electron chi connectivity index (χ3n) is 3.57. The van der Waals surface area contributed by atoms with Gasteiger partial charge in [-0.2, -0.15) is 0 Å². The summed E-state index contributed by atoms with van der Waals surface area (Å²) >= 11 is -1.05. The van der Waals surface area contributed by atoms with Gasteiger partial charge < -0.3 is 4.55 Å². The van der Waals surface area contributed by atoms with E-state index in [2.05, 4.69) is 60.2 Å². The standard InChI is InChI=1S/C19H25NOS/c1-15(20-22(21)19(2,3)4)18-12-10-17(11-13-18)14-16-8-6-5-7-9-16/h5-13,15,20H,14H2,1-4H3. The van der Waals surface area contributed by atoms with Crippen LogP contribution in [0.4, 0.5) is 0 Å². The Hall–Kier alpha value is -1.29. The molecular formula is C19H25NOS. The number of benzene rings is 2. The Morgan fingerprint density at radius 1 is 0.955 bits per heavy atom. The summed E-state index contributed by atoms with van der Waals surface area (Å²) in [4.78, 5) is 0. The van der Waals surface area contributed by atoms with Crippen LogP contribution in [-0.2, 0) is 17.8 Å². The molecule has 2 rings (SSSR count). The van der Waals surface area contributed by atoms with Crippen molar-refractivity contribution in [2.75, 3.05) is 0 Å². The lowest BCUT2D eigenvalue weighted by Gasteiger charge is -2.26. The van der Waals surface area contributed by atoms with E-state index in [1.165, 1.54) is 11.1 Å². The summed E-state index contributed by atoms with van der Waals surface area (Å²) in [5, 5.41) is 0. The minimum Gasteiger partial charge on any atom is -0.598 e. The fraction of sp³-hybridized carbons (Fsp3) is 0.368. The fourth-order valence-corrected chi connectivity index (χ4v) is 2.97. The first kappa shape index (κ1) is 17.1. The molecule has 0 saturated carbocycles. The highest BCUT2D eigenvalue weighted by molar-refractivity contribution is 7.90. The van der Waals surface area contributed by atoms with Crippen LogP contribution in [0.15, 0.2) is 54.6 Å². The number of hydrogen-bond donors (Lipinski definition) is 1. The number of rotatable bonds is 5. The zero-order chi connectivity index (χ0) is 16.2. The van der Waals surface area contributed by atoms with E-state index in [1.807, 2.05) is 26.8 Å². The van der Waals surface area contributed by atoms with E-state index in [4.69, 9.17) is 0 Å². The van der Waals surface area contributed by atoms with Crippen molar-refractivity contribution in [1.82, 2.24) is 4.72 Å². The largest absolute Gasteiger partial charge is 0.598 e. The lowest BCUT2D eigenvalue weighted by molar-refractivity contribution is 0.531. The van der Waals surface area contributed by atoms with Gasteiger partial charge in [0.05, 0.1) is 6.04 Å². The smallest absolute Gasteiger partial charge is 0.136 e. The molecule has 0 heterocycles. The molecule has 2 unspecified atom stereocenters. The van der Waals surface area contributed by atoms with Crippen LogP contribution in [0.2, 0.25) is 0 Å². The van der Waals surface area contributed by atoms with Crippen LogP contribution < -0.4 is 4.72 Å². The highest BCUT2D eigenvalue weighted by atomic mass is 32.2. The Kier molecular flexibility index (Phi) is 5.68. The second-order valence-corrected chi connectivity index (χ2v) is 8.62. The molecule has 0 spiro atoms. The van der Waals surface area contributed by atoms with Crippen molar-refractivity contribution in [3.8, 4) is 0 Å². The summed E-state index contributed by atoms with van der Waals surface area (Å²) in [5.41, 5.74) is 3.77. The van der Waals surface area contributed by atoms with Crippen LogP contribution in [-0.4, -0.2) is 9.30 Å². The third-order valence-corrected chi connectivity index (χ3v) is 5.25. The monoisotopic (exact) mass is 315 g/mol. The molecule has 0 fully saturated rings. The topological polar surface area (TPSA) is 35.1 Å². The lowest BCUT2D eigenvalue weighted by Crippen LogP contribution is -2.40. The van der Waals surface area contributed by atoms with Gasteiger partial charge in [0.15, 0.2) is 0 Å². The minimum absolute atomic E-state index is 0.0748. The molecule has 0 aliphatic heterocycles. The van der Waals surface area contributed by atoms with Gasteiger partial charge in [-0.05, 0) is 50.8 Å². The maximum Gasteiger partial charge on any atom is 0.136 e. The highest BCUT2D eigenvalue weighted by Gasteiger charge is 2.28. The quantitative estimate of drug-likeness (QED) is 0.831. The van der Waals surface area contributed by atoms with Crippen molar-refractivity contribution in [3.63, 3.8) is 0 Å². The highest BCUT2D eigenvalue weighted by Crippen LogP contribution is 2.20. The van der Waals surface area contributed by atoms with Crippen molar-refractivity contribution < 1.29 is 4.55 Å². The molecule has 2 aromatic carbocycles. The van der Waals surface area contributed by atoms with Crippen molar-refractivity contribution in [3.05, 3.63) is 71.3 Å². The molecule has 0 amide bonds. The summed E-state index contributed by atoms with van der Waals surface area (Å²) in [7, 11) is 0. The van der Waals surface area contributed by atoms with Gasteiger partial charge in [-0.15, -0.1) is 4.72 Å². The maximum atomic E-state index is 12.2. The lowest BCUT2D eigenvalue weighted by atomic mass is 10.0. The van der Waals surface area contributed by atoms with E-state index < -0.39 is 11.4 Å². The first-order valence-corrected chi connectivity index (χ1v) is 8.82. The Morgan fingerprint density at radius 2 is 1.50 bits per heavy atom. The van der Waals surface area contributed by atoms with Gasteiger partial charge in [-0.25, -0.2) is 0 Å². The molecule has 2 atom stereocenters. The molecular weight excluding hydrogens is 290 g/mol. The average molecular weight is 315 g/mol. The third kappa shape index (κ3) is 4.87. The zero-order valence-electron chi connectivity index (χ0n) is 13.8. The normalized spacial score (nSPS) is 14.6. The first-order valence-electron chi connectivity index (χ1n) is 7.67. The maximum absolute atomic E-state index is 12.2. The van der Waals surface area contributed by atoms with Gasteiger partial charge in [0, 0.05) is 11.4 Å². The van der Waals surface area contributed by atoms with Crippen LogP contribution in [0.3, 0.4) is 0 Å². The molecule has 118 valence electrons. The average Bonchev–Trinajstić information content (AvgIpc) is 2.48. The molecule has 2 nitrogen and oxygen atoms in total. The second-order valence-electron chi connectivity index (χ2n) is 6.62. The molecule has 22 heavy (non-hydrogen) atoms. The zero-order valence-corrected chi connectivity index (χ0v) is 14.6. The molecule has 0 aromatic heterocycles. The summed E-state index contributed by atoms with van der Waals surface area (Å²) in [5.74, 6) is 0. The molecule has 3 heteroatoms. The van der Waals surface area contributed by atoms with E-state index in [-0.39, 0.29) is 10.8 Å². The van der Waals surface area contributed by atoms with Gasteiger partial charge in [-0.1, -0.05) is 54.6 Å². The Bertz CT molecular complexity index is 575. The summed E-state index contributed by atoms with van der Waals surface area (Å²) in [6, 6.07) is 19.1. The molecule has 1 N–H and O–H groups in total. The van der Waals surface area contributed by atoms with Crippen LogP contribution >= 0.6 is 0 Å². The van der Waals surface area contributed by atoms with Crippen molar-refractivity contribution in [2.45, 2.75) is 44.9 Å². The van der Waals surface area contributed by atoms with Crippen molar-refractivity contribution in [2.24, 2.45) is 0 Å². The predicted molar refractivity (Wildman–Crippen MR) is 95.1 cm³/mol. The van der Waals surface area contributed by atoms with Crippen LogP contribution in [0.5, 0.6) is 0 Å². The van der Waals surface area contributed by atoms with Gasteiger partial charge >= 0.3 is 0 Å². The minimum atomic E-state index is -1.05. The van der Waals surface area contributed by atoms with E-state index >= 15 is 0 Å². The Balaban J connectivity index is 1.99. The molecule has 0 saturated heterocycles. The second kappa shape index (κ2) is 7.32. The first-order chi connectivity index (χ1) is 10.4. The van der Waals surface area contributed by atoms with E-state index in [0.717, 1.165) is 12.0 Å². The van der Waals surface area contributed by atoms with Crippen LogP contribution in [0.25, 0.3) is 0 Å². The van der Waals surface area contributed by atoms with Crippen LogP contribution in [0.1, 0.15) is 50.4 Å². The Morgan fingerprint density at radius 3 is 2.05 bits per heavy atom. The molecule has 0 aliphatic carbocycles. The predicted octanol–water partition coefficient (Wildman–Crippen LogP) is 4.39. The van der Waals surface area contributed by atoms with Gasteiger partial charge in [-0.3, -0.25) is 0 Å². The molecule has 0 aliphatic rings. The number of hydrogen-bond acceptors (Lipinski definition) is 2. The van der Waals surface area contributed by atoms with Crippen molar-refractivity contribution >= 4 is 11.4 Å². The SMILES string of the molecule is CC(N[S+]([O-])C(C)(C)C)c1ccc(Cc2ccccc2)cc1. The molecule has 0 bridgehead atoms. The number of nitrogens with one attached hydrogen (secondary N) is 1. The fourth-order valence-electron chi connectivity index (χ4n) is 2.16.